The fourth-order valence-corrected chi connectivity index (χ4v) is 2.19. The molecule has 0 fully saturated rings. The number of aryl methyl sites for hydroxylation is 1. The average molecular weight is 253 g/mol. The Morgan fingerprint density at radius 3 is 2.67 bits per heavy atom. The molecule has 0 radical (unpaired) electrons. The van der Waals surface area contributed by atoms with Gasteiger partial charge >= 0.3 is 0 Å². The summed E-state index contributed by atoms with van der Waals surface area (Å²) in [6.07, 6.45) is -1.52. The van der Waals surface area contributed by atoms with Gasteiger partial charge in [-0.05, 0) is 19.4 Å². The summed E-state index contributed by atoms with van der Waals surface area (Å²) < 4.78 is 30.2. The van der Waals surface area contributed by atoms with Gasteiger partial charge in [-0.1, -0.05) is 25.1 Å². The van der Waals surface area contributed by atoms with Crippen molar-refractivity contribution in [3.8, 4) is 0 Å². The highest BCUT2D eigenvalue weighted by Gasteiger charge is 2.18. The smallest absolute Gasteiger partial charge is 0.250 e. The minimum atomic E-state index is -2.35. The SMILES string of the molecule is CCc1c(C(C)NCC(F)F)oc2ccccc12. The summed E-state index contributed by atoms with van der Waals surface area (Å²) in [4.78, 5) is 0. The summed E-state index contributed by atoms with van der Waals surface area (Å²) in [7, 11) is 0. The molecule has 0 saturated carbocycles. The van der Waals surface area contributed by atoms with Crippen LogP contribution in [0, 0.1) is 0 Å². The Bertz CT molecular complexity index is 521. The van der Waals surface area contributed by atoms with Gasteiger partial charge in [0.2, 0.25) is 0 Å². The topological polar surface area (TPSA) is 25.2 Å². The maximum Gasteiger partial charge on any atom is 0.250 e. The van der Waals surface area contributed by atoms with Gasteiger partial charge in [0, 0.05) is 10.9 Å². The number of hydrogen-bond donors (Lipinski definition) is 1. The third-order valence-corrected chi connectivity index (χ3v) is 3.05. The zero-order valence-electron chi connectivity index (χ0n) is 10.5. The first-order chi connectivity index (χ1) is 8.63. The second kappa shape index (κ2) is 5.48. The molecule has 98 valence electrons. The van der Waals surface area contributed by atoms with Gasteiger partial charge in [0.25, 0.3) is 6.43 Å². The first-order valence-electron chi connectivity index (χ1n) is 6.15. The molecule has 1 aromatic heterocycles. The average Bonchev–Trinajstić information content (AvgIpc) is 2.74. The van der Waals surface area contributed by atoms with Crippen molar-refractivity contribution >= 4 is 11.0 Å². The molecule has 1 unspecified atom stereocenters. The van der Waals surface area contributed by atoms with Crippen LogP contribution in [0.1, 0.15) is 31.2 Å². The molecule has 1 atom stereocenters. The number of rotatable bonds is 5. The van der Waals surface area contributed by atoms with Gasteiger partial charge < -0.3 is 9.73 Å². The Balaban J connectivity index is 2.31. The Morgan fingerprint density at radius 1 is 1.28 bits per heavy atom. The van der Waals surface area contributed by atoms with Crippen LogP contribution in [0.2, 0.25) is 0 Å². The molecule has 0 saturated heterocycles. The van der Waals surface area contributed by atoms with Crippen LogP contribution in [-0.4, -0.2) is 13.0 Å². The van der Waals surface area contributed by atoms with Crippen LogP contribution < -0.4 is 5.32 Å². The molecule has 0 bridgehead atoms. The number of nitrogens with one attached hydrogen (secondary N) is 1. The summed E-state index contributed by atoms with van der Waals surface area (Å²) in [6.45, 7) is 3.57. The van der Waals surface area contributed by atoms with E-state index in [1.54, 1.807) is 0 Å². The molecule has 1 N–H and O–H groups in total. The molecule has 0 aliphatic carbocycles. The molecule has 2 rings (SSSR count). The van der Waals surface area contributed by atoms with Gasteiger partial charge in [0.05, 0.1) is 12.6 Å². The highest BCUT2D eigenvalue weighted by molar-refractivity contribution is 5.82. The molecule has 0 spiro atoms. The van der Waals surface area contributed by atoms with E-state index < -0.39 is 6.43 Å². The van der Waals surface area contributed by atoms with Crippen molar-refractivity contribution in [3.63, 3.8) is 0 Å². The number of para-hydroxylation sites is 1. The number of alkyl halides is 2. The number of benzene rings is 1. The van der Waals surface area contributed by atoms with Gasteiger partial charge in [-0.2, -0.15) is 0 Å². The number of furan rings is 1. The van der Waals surface area contributed by atoms with Crippen molar-refractivity contribution in [2.75, 3.05) is 6.54 Å². The second-order valence-electron chi connectivity index (χ2n) is 4.32. The van der Waals surface area contributed by atoms with Crippen molar-refractivity contribution in [2.45, 2.75) is 32.7 Å². The van der Waals surface area contributed by atoms with Crippen LogP contribution in [0.4, 0.5) is 8.78 Å². The molecule has 18 heavy (non-hydrogen) atoms. The maximum atomic E-state index is 12.2. The van der Waals surface area contributed by atoms with E-state index in [4.69, 9.17) is 4.42 Å². The predicted octanol–water partition coefficient (Wildman–Crippen LogP) is 3.91. The lowest BCUT2D eigenvalue weighted by Crippen LogP contribution is -2.24. The number of hydrogen-bond acceptors (Lipinski definition) is 2. The lowest BCUT2D eigenvalue weighted by Gasteiger charge is -2.12. The molecule has 0 amide bonds. The van der Waals surface area contributed by atoms with Gasteiger partial charge in [0.15, 0.2) is 0 Å². The van der Waals surface area contributed by atoms with E-state index in [0.717, 1.165) is 28.7 Å². The van der Waals surface area contributed by atoms with E-state index >= 15 is 0 Å². The molecule has 2 aromatic rings. The monoisotopic (exact) mass is 253 g/mol. The molecular formula is C14H17F2NO. The van der Waals surface area contributed by atoms with Crippen LogP contribution in [0.3, 0.4) is 0 Å². The summed E-state index contributed by atoms with van der Waals surface area (Å²) in [5, 5.41) is 3.86. The van der Waals surface area contributed by atoms with Crippen LogP contribution >= 0.6 is 0 Å². The van der Waals surface area contributed by atoms with Crippen LogP contribution in [-0.2, 0) is 6.42 Å². The summed E-state index contributed by atoms with van der Waals surface area (Å²) in [5.74, 6) is 0.763. The van der Waals surface area contributed by atoms with Gasteiger partial charge in [-0.25, -0.2) is 8.78 Å². The van der Waals surface area contributed by atoms with Crippen LogP contribution in [0.15, 0.2) is 28.7 Å². The Morgan fingerprint density at radius 2 is 2.00 bits per heavy atom. The fraction of sp³-hybridized carbons (Fsp3) is 0.429. The minimum absolute atomic E-state index is 0.207. The first-order valence-corrected chi connectivity index (χ1v) is 6.15. The highest BCUT2D eigenvalue weighted by atomic mass is 19.3. The third kappa shape index (κ3) is 2.53. The molecular weight excluding hydrogens is 236 g/mol. The zero-order valence-corrected chi connectivity index (χ0v) is 10.5. The van der Waals surface area contributed by atoms with Crippen molar-refractivity contribution in [3.05, 3.63) is 35.6 Å². The van der Waals surface area contributed by atoms with E-state index in [1.165, 1.54) is 0 Å². The van der Waals surface area contributed by atoms with Crippen molar-refractivity contribution < 1.29 is 13.2 Å². The van der Waals surface area contributed by atoms with E-state index in [1.807, 2.05) is 38.1 Å². The zero-order chi connectivity index (χ0) is 13.1. The standard InChI is InChI=1S/C14H17F2NO/c1-3-10-11-6-4-5-7-12(11)18-14(10)9(2)17-8-13(15)16/h4-7,9,13,17H,3,8H2,1-2H3. The molecule has 4 heteroatoms. The lowest BCUT2D eigenvalue weighted by atomic mass is 10.1. The second-order valence-corrected chi connectivity index (χ2v) is 4.32. The predicted molar refractivity (Wildman–Crippen MR) is 68.0 cm³/mol. The Hall–Kier alpha value is -1.42. The summed E-state index contributed by atoms with van der Waals surface area (Å²) >= 11 is 0. The normalized spacial score (nSPS) is 13.4. The van der Waals surface area contributed by atoms with Gasteiger partial charge in [-0.3, -0.25) is 0 Å². The van der Waals surface area contributed by atoms with E-state index in [9.17, 15) is 8.78 Å². The van der Waals surface area contributed by atoms with Gasteiger partial charge in [-0.15, -0.1) is 0 Å². The van der Waals surface area contributed by atoms with E-state index in [0.29, 0.717) is 0 Å². The van der Waals surface area contributed by atoms with E-state index in [2.05, 4.69) is 5.32 Å². The molecule has 1 heterocycles. The lowest BCUT2D eigenvalue weighted by molar-refractivity contribution is 0.141. The number of fused-ring (bicyclic) bond motifs is 1. The van der Waals surface area contributed by atoms with Gasteiger partial charge in [0.1, 0.15) is 11.3 Å². The molecule has 1 aromatic carbocycles. The Labute approximate surface area is 105 Å². The quantitative estimate of drug-likeness (QED) is 0.874. The molecule has 2 nitrogen and oxygen atoms in total. The van der Waals surface area contributed by atoms with Crippen molar-refractivity contribution in [1.29, 1.82) is 0 Å². The fourth-order valence-electron chi connectivity index (χ4n) is 2.19. The largest absolute Gasteiger partial charge is 0.459 e. The van der Waals surface area contributed by atoms with E-state index in [-0.39, 0.29) is 12.6 Å². The minimum Gasteiger partial charge on any atom is -0.459 e. The number of halogens is 2. The Kier molecular flexibility index (Phi) is 3.97. The van der Waals surface area contributed by atoms with Crippen LogP contribution in [0.25, 0.3) is 11.0 Å². The third-order valence-electron chi connectivity index (χ3n) is 3.05. The molecule has 0 aliphatic heterocycles. The van der Waals surface area contributed by atoms with Crippen molar-refractivity contribution in [2.24, 2.45) is 0 Å². The summed E-state index contributed by atoms with van der Waals surface area (Å²) in [6, 6.07) is 7.56. The first kappa shape index (κ1) is 13.0. The summed E-state index contributed by atoms with van der Waals surface area (Å²) in [5.41, 5.74) is 1.91. The van der Waals surface area contributed by atoms with Crippen molar-refractivity contribution in [1.82, 2.24) is 5.32 Å². The highest BCUT2D eigenvalue weighted by Crippen LogP contribution is 2.30. The molecule has 0 aliphatic rings. The maximum absolute atomic E-state index is 12.2. The van der Waals surface area contributed by atoms with Crippen LogP contribution in [0.5, 0.6) is 0 Å².